The topological polar surface area (TPSA) is 24.5 Å². The molecule has 0 unspecified atom stereocenters. The zero-order chi connectivity index (χ0) is 14.6. The summed E-state index contributed by atoms with van der Waals surface area (Å²) < 4.78 is 5.68. The minimum absolute atomic E-state index is 0.195. The fourth-order valence-corrected chi connectivity index (χ4v) is 3.74. The van der Waals surface area contributed by atoms with Crippen molar-refractivity contribution in [2.24, 2.45) is 11.3 Å². The van der Waals surface area contributed by atoms with Crippen molar-refractivity contribution >= 4 is 0 Å². The molecule has 1 heterocycles. The highest BCUT2D eigenvalue weighted by atomic mass is 16.5. The monoisotopic (exact) mass is 282 g/mol. The lowest BCUT2D eigenvalue weighted by Gasteiger charge is -2.49. The van der Waals surface area contributed by atoms with Gasteiger partial charge >= 0.3 is 0 Å². The SMILES string of the molecule is CCNCC1(CN2CCOCC2(C)C)CCC(C)CC1. The fourth-order valence-electron chi connectivity index (χ4n) is 3.74. The Labute approximate surface area is 125 Å². The van der Waals surface area contributed by atoms with Gasteiger partial charge in [0.1, 0.15) is 0 Å². The standard InChI is InChI=1S/C17H34N2O/c1-5-18-12-17(8-6-15(2)7-9-17)13-19-10-11-20-14-16(19,3)4/h15,18H,5-14H2,1-4H3. The Bertz CT molecular complexity index is 290. The van der Waals surface area contributed by atoms with Crippen molar-refractivity contribution in [1.82, 2.24) is 10.2 Å². The molecular weight excluding hydrogens is 248 g/mol. The van der Waals surface area contributed by atoms with Crippen LogP contribution >= 0.6 is 0 Å². The Morgan fingerprint density at radius 1 is 1.25 bits per heavy atom. The number of nitrogens with zero attached hydrogens (tertiary/aromatic N) is 1. The van der Waals surface area contributed by atoms with Crippen molar-refractivity contribution in [3.8, 4) is 0 Å². The Hall–Kier alpha value is -0.120. The molecule has 3 nitrogen and oxygen atoms in total. The molecule has 118 valence electrons. The van der Waals surface area contributed by atoms with Gasteiger partial charge in [-0.3, -0.25) is 4.90 Å². The van der Waals surface area contributed by atoms with Gasteiger partial charge in [0.2, 0.25) is 0 Å². The summed E-state index contributed by atoms with van der Waals surface area (Å²) in [6.45, 7) is 15.7. The average Bonchev–Trinajstić information content (AvgIpc) is 2.42. The summed E-state index contributed by atoms with van der Waals surface area (Å²) in [5, 5.41) is 3.63. The lowest BCUT2D eigenvalue weighted by molar-refractivity contribution is -0.0740. The summed E-state index contributed by atoms with van der Waals surface area (Å²) in [5.41, 5.74) is 0.678. The molecule has 3 heteroatoms. The summed E-state index contributed by atoms with van der Waals surface area (Å²) in [5.74, 6) is 0.919. The molecule has 0 spiro atoms. The van der Waals surface area contributed by atoms with Crippen molar-refractivity contribution in [2.45, 2.75) is 58.9 Å². The third kappa shape index (κ3) is 3.96. The summed E-state index contributed by atoms with van der Waals surface area (Å²) in [7, 11) is 0. The van der Waals surface area contributed by atoms with E-state index in [1.165, 1.54) is 38.8 Å². The Kier molecular flexibility index (Phi) is 5.49. The van der Waals surface area contributed by atoms with Gasteiger partial charge in [0.05, 0.1) is 13.2 Å². The summed E-state index contributed by atoms with van der Waals surface area (Å²) in [6.07, 6.45) is 5.57. The van der Waals surface area contributed by atoms with Crippen LogP contribution in [-0.2, 0) is 4.74 Å². The minimum Gasteiger partial charge on any atom is -0.378 e. The first-order valence-electron chi connectivity index (χ1n) is 8.51. The van der Waals surface area contributed by atoms with Gasteiger partial charge < -0.3 is 10.1 Å². The number of rotatable bonds is 5. The lowest BCUT2D eigenvalue weighted by Crippen LogP contribution is -2.58. The normalized spacial score (nSPS) is 35.1. The molecule has 0 radical (unpaired) electrons. The average molecular weight is 282 g/mol. The summed E-state index contributed by atoms with van der Waals surface area (Å²) in [4.78, 5) is 2.68. The van der Waals surface area contributed by atoms with Crippen LogP contribution in [0.3, 0.4) is 0 Å². The lowest BCUT2D eigenvalue weighted by atomic mass is 9.70. The van der Waals surface area contributed by atoms with Crippen LogP contribution in [0.2, 0.25) is 0 Å². The predicted octanol–water partition coefficient (Wildman–Crippen LogP) is 2.90. The maximum absolute atomic E-state index is 5.68. The Balaban J connectivity index is 2.03. The van der Waals surface area contributed by atoms with Crippen LogP contribution in [0.1, 0.15) is 53.4 Å². The summed E-state index contributed by atoms with van der Waals surface area (Å²) >= 11 is 0. The van der Waals surface area contributed by atoms with E-state index in [0.717, 1.165) is 32.2 Å². The second-order valence-corrected chi connectivity index (χ2v) is 7.75. The highest BCUT2D eigenvalue weighted by Gasteiger charge is 2.40. The maximum atomic E-state index is 5.68. The molecule has 2 aliphatic rings. The third-order valence-corrected chi connectivity index (χ3v) is 5.43. The van der Waals surface area contributed by atoms with Gasteiger partial charge in [-0.05, 0) is 44.6 Å². The number of ether oxygens (including phenoxy) is 1. The second kappa shape index (κ2) is 6.76. The molecule has 1 saturated heterocycles. The van der Waals surface area contributed by atoms with Crippen LogP contribution < -0.4 is 5.32 Å². The zero-order valence-corrected chi connectivity index (χ0v) is 14.0. The van der Waals surface area contributed by atoms with E-state index >= 15 is 0 Å². The third-order valence-electron chi connectivity index (χ3n) is 5.43. The first-order chi connectivity index (χ1) is 9.47. The van der Waals surface area contributed by atoms with E-state index in [2.05, 4.69) is 37.9 Å². The molecule has 1 saturated carbocycles. The van der Waals surface area contributed by atoms with Crippen LogP contribution in [0.4, 0.5) is 0 Å². The fraction of sp³-hybridized carbons (Fsp3) is 1.00. The van der Waals surface area contributed by atoms with E-state index in [0.29, 0.717) is 5.41 Å². The van der Waals surface area contributed by atoms with Gasteiger partial charge in [-0.2, -0.15) is 0 Å². The van der Waals surface area contributed by atoms with E-state index in [1.807, 2.05) is 0 Å². The van der Waals surface area contributed by atoms with E-state index in [-0.39, 0.29) is 5.54 Å². The van der Waals surface area contributed by atoms with Crippen molar-refractivity contribution in [3.05, 3.63) is 0 Å². The largest absolute Gasteiger partial charge is 0.378 e. The Morgan fingerprint density at radius 3 is 2.55 bits per heavy atom. The van der Waals surface area contributed by atoms with Crippen LogP contribution in [0, 0.1) is 11.3 Å². The Morgan fingerprint density at radius 2 is 1.95 bits per heavy atom. The predicted molar refractivity (Wildman–Crippen MR) is 85.1 cm³/mol. The quantitative estimate of drug-likeness (QED) is 0.839. The first kappa shape index (κ1) is 16.3. The smallest absolute Gasteiger partial charge is 0.0645 e. The van der Waals surface area contributed by atoms with Gasteiger partial charge in [0, 0.05) is 25.2 Å². The van der Waals surface area contributed by atoms with E-state index < -0.39 is 0 Å². The van der Waals surface area contributed by atoms with Gasteiger partial charge in [0.15, 0.2) is 0 Å². The van der Waals surface area contributed by atoms with Crippen LogP contribution in [0.5, 0.6) is 0 Å². The first-order valence-corrected chi connectivity index (χ1v) is 8.51. The molecule has 1 aliphatic heterocycles. The highest BCUT2D eigenvalue weighted by molar-refractivity contribution is 4.94. The van der Waals surface area contributed by atoms with Crippen molar-refractivity contribution in [2.75, 3.05) is 39.4 Å². The molecule has 2 fully saturated rings. The van der Waals surface area contributed by atoms with Crippen molar-refractivity contribution in [1.29, 1.82) is 0 Å². The molecule has 0 amide bonds. The second-order valence-electron chi connectivity index (χ2n) is 7.75. The van der Waals surface area contributed by atoms with Crippen molar-refractivity contribution < 1.29 is 4.74 Å². The molecule has 0 aromatic carbocycles. The molecule has 0 aromatic heterocycles. The van der Waals surface area contributed by atoms with E-state index in [4.69, 9.17) is 4.74 Å². The zero-order valence-electron chi connectivity index (χ0n) is 14.0. The van der Waals surface area contributed by atoms with Gasteiger partial charge in [-0.1, -0.05) is 26.7 Å². The van der Waals surface area contributed by atoms with Crippen LogP contribution in [-0.4, -0.2) is 49.8 Å². The molecule has 0 atom stereocenters. The molecule has 1 aliphatic carbocycles. The van der Waals surface area contributed by atoms with Gasteiger partial charge in [-0.15, -0.1) is 0 Å². The van der Waals surface area contributed by atoms with Gasteiger partial charge in [-0.25, -0.2) is 0 Å². The number of morpholine rings is 1. The van der Waals surface area contributed by atoms with E-state index in [1.54, 1.807) is 0 Å². The molecule has 0 aromatic rings. The summed E-state index contributed by atoms with van der Waals surface area (Å²) in [6, 6.07) is 0. The molecule has 0 bridgehead atoms. The van der Waals surface area contributed by atoms with Gasteiger partial charge in [0.25, 0.3) is 0 Å². The van der Waals surface area contributed by atoms with Crippen molar-refractivity contribution in [3.63, 3.8) is 0 Å². The molecular formula is C17H34N2O. The number of hydrogen-bond donors (Lipinski definition) is 1. The van der Waals surface area contributed by atoms with E-state index in [9.17, 15) is 0 Å². The number of nitrogens with one attached hydrogen (secondary N) is 1. The minimum atomic E-state index is 0.195. The van der Waals surface area contributed by atoms with Crippen LogP contribution in [0.25, 0.3) is 0 Å². The maximum Gasteiger partial charge on any atom is 0.0645 e. The molecule has 1 N–H and O–H groups in total. The molecule has 20 heavy (non-hydrogen) atoms. The number of hydrogen-bond acceptors (Lipinski definition) is 3. The highest BCUT2D eigenvalue weighted by Crippen LogP contribution is 2.40. The van der Waals surface area contributed by atoms with Crippen LogP contribution in [0.15, 0.2) is 0 Å². The molecule has 2 rings (SSSR count).